The largest absolute Gasteiger partial charge is 0.380 e. The van der Waals surface area contributed by atoms with Crippen molar-refractivity contribution in [2.75, 3.05) is 44.4 Å². The first-order valence-corrected chi connectivity index (χ1v) is 11.6. The van der Waals surface area contributed by atoms with Crippen LogP contribution in [-0.4, -0.2) is 50.1 Å². The lowest BCUT2D eigenvalue weighted by Crippen LogP contribution is -2.32. The van der Waals surface area contributed by atoms with Gasteiger partial charge in [0, 0.05) is 57.2 Å². The molecule has 1 N–H and O–H groups in total. The zero-order valence-corrected chi connectivity index (χ0v) is 18.2. The molecule has 1 aromatic heterocycles. The van der Waals surface area contributed by atoms with Crippen LogP contribution in [0, 0.1) is 0 Å². The summed E-state index contributed by atoms with van der Waals surface area (Å²) in [5.74, 6) is 0. The number of nitrogens with zero attached hydrogens (tertiary/aromatic N) is 2. The molecule has 3 heterocycles. The quantitative estimate of drug-likeness (QED) is 0.640. The van der Waals surface area contributed by atoms with Crippen molar-refractivity contribution in [3.8, 4) is 0 Å². The molecule has 2 aromatic rings. The number of benzene rings is 1. The second-order valence-corrected chi connectivity index (χ2v) is 8.38. The lowest BCUT2D eigenvalue weighted by atomic mass is 10.1. The van der Waals surface area contributed by atoms with E-state index in [1.807, 2.05) is 11.5 Å². The molecule has 0 bridgehead atoms. The fraction of sp³-hybridized carbons (Fsp3) is 0.625. The van der Waals surface area contributed by atoms with Crippen molar-refractivity contribution >= 4 is 16.6 Å². The van der Waals surface area contributed by atoms with Crippen molar-refractivity contribution in [1.82, 2.24) is 9.88 Å². The molecule has 6 nitrogen and oxygen atoms in total. The fourth-order valence-corrected chi connectivity index (χ4v) is 4.59. The Morgan fingerprint density at radius 2 is 2.03 bits per heavy atom. The molecule has 0 saturated carbocycles. The van der Waals surface area contributed by atoms with Crippen LogP contribution in [0.5, 0.6) is 0 Å². The number of nitrogens with one attached hydrogen (secondary N) is 1. The number of hydrogen-bond donors (Lipinski definition) is 1. The molecule has 6 heteroatoms. The lowest BCUT2D eigenvalue weighted by molar-refractivity contribution is 0.110. The molecular weight excluding hydrogens is 378 g/mol. The van der Waals surface area contributed by atoms with E-state index >= 15 is 0 Å². The molecule has 2 fully saturated rings. The average Bonchev–Trinajstić information content (AvgIpc) is 3.30. The third-order valence-electron chi connectivity index (χ3n) is 6.25. The summed E-state index contributed by atoms with van der Waals surface area (Å²) < 4.78 is 13.2. The van der Waals surface area contributed by atoms with Crippen LogP contribution in [0.15, 0.2) is 29.1 Å². The van der Waals surface area contributed by atoms with Gasteiger partial charge in [0.25, 0.3) is 5.56 Å². The Labute approximate surface area is 179 Å². The molecule has 0 aliphatic carbocycles. The van der Waals surface area contributed by atoms with Gasteiger partial charge < -0.3 is 24.3 Å². The maximum Gasteiger partial charge on any atom is 0.255 e. The maximum absolute atomic E-state index is 13.3. The van der Waals surface area contributed by atoms with Crippen LogP contribution in [0.2, 0.25) is 0 Å². The number of ether oxygens (including phenoxy) is 2. The zero-order chi connectivity index (χ0) is 20.8. The number of anilines is 1. The monoisotopic (exact) mass is 413 g/mol. The molecule has 30 heavy (non-hydrogen) atoms. The van der Waals surface area contributed by atoms with Gasteiger partial charge in [0.2, 0.25) is 0 Å². The van der Waals surface area contributed by atoms with E-state index in [9.17, 15) is 4.79 Å². The molecule has 4 rings (SSSR count). The number of hydrogen-bond acceptors (Lipinski definition) is 5. The highest BCUT2D eigenvalue weighted by Gasteiger charge is 2.17. The second-order valence-electron chi connectivity index (χ2n) is 8.38. The highest BCUT2D eigenvalue weighted by atomic mass is 16.5. The summed E-state index contributed by atoms with van der Waals surface area (Å²) in [5, 5.41) is 4.54. The Morgan fingerprint density at radius 1 is 1.17 bits per heavy atom. The smallest absolute Gasteiger partial charge is 0.255 e. The van der Waals surface area contributed by atoms with E-state index in [4.69, 9.17) is 9.47 Å². The van der Waals surface area contributed by atoms with Crippen molar-refractivity contribution in [3.05, 3.63) is 40.2 Å². The van der Waals surface area contributed by atoms with Gasteiger partial charge >= 0.3 is 0 Å². The zero-order valence-electron chi connectivity index (χ0n) is 18.2. The van der Waals surface area contributed by atoms with E-state index in [0.717, 1.165) is 55.5 Å². The fourth-order valence-electron chi connectivity index (χ4n) is 4.59. The van der Waals surface area contributed by atoms with E-state index in [0.29, 0.717) is 26.3 Å². The van der Waals surface area contributed by atoms with Crippen LogP contribution in [0.25, 0.3) is 10.9 Å². The van der Waals surface area contributed by atoms with Crippen LogP contribution in [0.4, 0.5) is 5.69 Å². The molecule has 1 atom stereocenters. The summed E-state index contributed by atoms with van der Waals surface area (Å²) >= 11 is 0. The molecule has 164 valence electrons. The minimum Gasteiger partial charge on any atom is -0.380 e. The number of aromatic nitrogens is 1. The van der Waals surface area contributed by atoms with Crippen LogP contribution in [0.3, 0.4) is 0 Å². The van der Waals surface area contributed by atoms with Gasteiger partial charge in [-0.05, 0) is 62.6 Å². The van der Waals surface area contributed by atoms with Crippen molar-refractivity contribution in [2.24, 2.45) is 0 Å². The Kier molecular flexibility index (Phi) is 7.42. The minimum atomic E-state index is 0.0813. The van der Waals surface area contributed by atoms with Crippen molar-refractivity contribution in [2.45, 2.75) is 58.2 Å². The van der Waals surface area contributed by atoms with Crippen molar-refractivity contribution in [3.63, 3.8) is 0 Å². The normalized spacial score (nSPS) is 19.6. The summed E-state index contributed by atoms with van der Waals surface area (Å²) in [6, 6.07) is 8.61. The van der Waals surface area contributed by atoms with Gasteiger partial charge in [0.1, 0.15) is 0 Å². The topological polar surface area (TPSA) is 55.7 Å². The third kappa shape index (κ3) is 5.05. The molecule has 0 spiro atoms. The summed E-state index contributed by atoms with van der Waals surface area (Å²) in [6.45, 7) is 8.18. The lowest BCUT2D eigenvalue weighted by Gasteiger charge is -2.29. The summed E-state index contributed by atoms with van der Waals surface area (Å²) in [7, 11) is 0. The van der Waals surface area contributed by atoms with Gasteiger partial charge in [0.05, 0.1) is 18.2 Å². The van der Waals surface area contributed by atoms with E-state index in [1.54, 1.807) is 0 Å². The Morgan fingerprint density at radius 3 is 2.80 bits per heavy atom. The first-order chi connectivity index (χ1) is 14.8. The average molecular weight is 414 g/mol. The SMILES string of the molecule is CCOCCn1c(=O)c(CNCC2CCCO2)cc2ccc(N3CCCCC3)cc21. The van der Waals surface area contributed by atoms with Crippen LogP contribution in [0.1, 0.15) is 44.6 Å². The maximum atomic E-state index is 13.3. The van der Waals surface area contributed by atoms with Gasteiger partial charge in [-0.2, -0.15) is 0 Å². The highest BCUT2D eigenvalue weighted by Crippen LogP contribution is 2.25. The predicted molar refractivity (Wildman–Crippen MR) is 121 cm³/mol. The third-order valence-corrected chi connectivity index (χ3v) is 6.25. The molecule has 1 unspecified atom stereocenters. The summed E-state index contributed by atoms with van der Waals surface area (Å²) in [6.07, 6.45) is 6.30. The Balaban J connectivity index is 1.60. The Bertz CT molecular complexity index is 883. The standard InChI is InChI=1S/C24H35N3O3/c1-2-29-14-12-27-23-16-21(26-10-4-3-5-11-26)9-8-19(23)15-20(24(27)28)17-25-18-22-7-6-13-30-22/h8-9,15-16,22,25H,2-7,10-14,17-18H2,1H3. The van der Waals surface area contributed by atoms with Crippen molar-refractivity contribution < 1.29 is 9.47 Å². The summed E-state index contributed by atoms with van der Waals surface area (Å²) in [4.78, 5) is 15.8. The second kappa shape index (κ2) is 10.4. The number of piperidine rings is 1. The molecule has 2 aliphatic rings. The van der Waals surface area contributed by atoms with Gasteiger partial charge in [0.15, 0.2) is 0 Å². The number of pyridine rings is 1. The van der Waals surface area contributed by atoms with E-state index in [2.05, 4.69) is 34.5 Å². The molecule has 0 amide bonds. The predicted octanol–water partition coefficient (Wildman–Crippen LogP) is 3.30. The first kappa shape index (κ1) is 21.3. The van der Waals surface area contributed by atoms with Gasteiger partial charge in [-0.25, -0.2) is 0 Å². The minimum absolute atomic E-state index is 0.0813. The number of rotatable bonds is 9. The van der Waals surface area contributed by atoms with Crippen LogP contribution in [-0.2, 0) is 22.6 Å². The van der Waals surface area contributed by atoms with Gasteiger partial charge in [-0.3, -0.25) is 4.79 Å². The van der Waals surface area contributed by atoms with Crippen molar-refractivity contribution in [1.29, 1.82) is 0 Å². The van der Waals surface area contributed by atoms with Gasteiger partial charge in [-0.15, -0.1) is 0 Å². The van der Waals surface area contributed by atoms with Crippen LogP contribution >= 0.6 is 0 Å². The van der Waals surface area contributed by atoms with Gasteiger partial charge in [-0.1, -0.05) is 6.07 Å². The molecule has 2 saturated heterocycles. The van der Waals surface area contributed by atoms with E-state index < -0.39 is 0 Å². The molecule has 0 radical (unpaired) electrons. The molecule has 1 aromatic carbocycles. The summed E-state index contributed by atoms with van der Waals surface area (Å²) in [5.41, 5.74) is 3.11. The van der Waals surface area contributed by atoms with E-state index in [-0.39, 0.29) is 11.7 Å². The van der Waals surface area contributed by atoms with Crippen LogP contribution < -0.4 is 15.8 Å². The van der Waals surface area contributed by atoms with E-state index in [1.165, 1.54) is 24.9 Å². The first-order valence-electron chi connectivity index (χ1n) is 11.6. The number of fused-ring (bicyclic) bond motifs is 1. The Hall–Kier alpha value is -1.89. The highest BCUT2D eigenvalue weighted by molar-refractivity contribution is 5.83. The molecular formula is C24H35N3O3. The molecule has 2 aliphatic heterocycles.